The fourth-order valence-corrected chi connectivity index (χ4v) is 6.08. The number of aromatic nitrogens is 3. The van der Waals surface area contributed by atoms with Gasteiger partial charge in [-0.1, -0.05) is 0 Å². The van der Waals surface area contributed by atoms with Crippen molar-refractivity contribution in [1.82, 2.24) is 19.1 Å². The van der Waals surface area contributed by atoms with Crippen LogP contribution in [0, 0.1) is 5.92 Å². The first kappa shape index (κ1) is 14.8. The Kier molecular flexibility index (Phi) is 2.94. The van der Waals surface area contributed by atoms with Crippen molar-refractivity contribution < 1.29 is 13.2 Å². The molecule has 2 aromatic heterocycles. The number of fused-ring (bicyclic) bond motifs is 1. The third-order valence-electron chi connectivity index (χ3n) is 5.63. The van der Waals surface area contributed by atoms with E-state index >= 15 is 0 Å². The minimum absolute atomic E-state index is 0.00500. The minimum Gasteiger partial charge on any atom is -0.372 e. The highest BCUT2D eigenvalue weighted by Crippen LogP contribution is 2.53. The van der Waals surface area contributed by atoms with Crippen LogP contribution >= 0.6 is 0 Å². The standard InChI is InChI=1S/C16H20N4O3S/c1-19-15-12(8-18-19)7-13(9-17-15)24(21,22)20-10-16(5-2-6-23-16)14(20)11-3-4-11/h7-9,11,14H,2-6,10H2,1H3. The SMILES string of the molecule is Cn1ncc2cc(S(=O)(=O)N3CC4(CCCO4)C3C3CC3)cnc21. The highest BCUT2D eigenvalue weighted by molar-refractivity contribution is 7.89. The number of sulfonamides is 1. The molecule has 1 spiro atoms. The summed E-state index contributed by atoms with van der Waals surface area (Å²) in [6.07, 6.45) is 7.30. The van der Waals surface area contributed by atoms with Crippen molar-refractivity contribution in [3.63, 3.8) is 0 Å². The summed E-state index contributed by atoms with van der Waals surface area (Å²) in [5.41, 5.74) is 0.451. The highest BCUT2D eigenvalue weighted by Gasteiger charge is 2.63. The van der Waals surface area contributed by atoms with Gasteiger partial charge in [0, 0.05) is 31.8 Å². The monoisotopic (exact) mass is 348 g/mol. The van der Waals surface area contributed by atoms with Gasteiger partial charge in [0.25, 0.3) is 0 Å². The molecule has 2 aromatic rings. The molecule has 3 aliphatic rings. The van der Waals surface area contributed by atoms with Crippen LogP contribution in [0.1, 0.15) is 25.7 Å². The Bertz CT molecular complexity index is 913. The molecule has 0 bridgehead atoms. The zero-order valence-corrected chi connectivity index (χ0v) is 14.4. The molecule has 1 saturated carbocycles. The Hall–Kier alpha value is -1.51. The van der Waals surface area contributed by atoms with E-state index in [2.05, 4.69) is 10.1 Å². The van der Waals surface area contributed by atoms with E-state index in [-0.39, 0.29) is 16.5 Å². The maximum Gasteiger partial charge on any atom is 0.245 e. The van der Waals surface area contributed by atoms with Crippen LogP contribution < -0.4 is 0 Å². The largest absolute Gasteiger partial charge is 0.372 e. The summed E-state index contributed by atoms with van der Waals surface area (Å²) in [4.78, 5) is 4.54. The van der Waals surface area contributed by atoms with E-state index in [1.165, 1.54) is 6.20 Å². The Morgan fingerprint density at radius 2 is 2.17 bits per heavy atom. The summed E-state index contributed by atoms with van der Waals surface area (Å²) >= 11 is 0. The molecule has 1 aliphatic carbocycles. The van der Waals surface area contributed by atoms with Gasteiger partial charge in [-0.2, -0.15) is 9.40 Å². The number of pyridine rings is 1. The molecule has 5 rings (SSSR count). The number of hydrogen-bond donors (Lipinski definition) is 0. The van der Waals surface area contributed by atoms with Crippen molar-refractivity contribution in [1.29, 1.82) is 0 Å². The Balaban J connectivity index is 1.52. The second-order valence-electron chi connectivity index (χ2n) is 7.20. The molecule has 2 unspecified atom stereocenters. The highest BCUT2D eigenvalue weighted by atomic mass is 32.2. The molecule has 0 radical (unpaired) electrons. The molecular formula is C16H20N4O3S. The third-order valence-corrected chi connectivity index (χ3v) is 7.42. The Labute approximate surface area is 140 Å². The van der Waals surface area contributed by atoms with Crippen LogP contribution in [0.25, 0.3) is 11.0 Å². The Morgan fingerprint density at radius 1 is 1.33 bits per heavy atom. The summed E-state index contributed by atoms with van der Waals surface area (Å²) < 4.78 is 35.6. The first-order valence-corrected chi connectivity index (χ1v) is 9.89. The predicted octanol–water partition coefficient (Wildman–Crippen LogP) is 1.30. The van der Waals surface area contributed by atoms with Crippen LogP contribution in [0.4, 0.5) is 0 Å². The lowest BCUT2D eigenvalue weighted by Crippen LogP contribution is -2.71. The Morgan fingerprint density at radius 3 is 2.88 bits per heavy atom. The second kappa shape index (κ2) is 4.77. The molecule has 2 aliphatic heterocycles. The molecule has 4 heterocycles. The van der Waals surface area contributed by atoms with E-state index in [4.69, 9.17) is 4.74 Å². The molecule has 3 fully saturated rings. The van der Waals surface area contributed by atoms with Crippen LogP contribution in [0.15, 0.2) is 23.4 Å². The lowest BCUT2D eigenvalue weighted by molar-refractivity contribution is -0.132. The molecule has 8 heteroatoms. The van der Waals surface area contributed by atoms with Gasteiger partial charge in [-0.3, -0.25) is 4.68 Å². The zero-order valence-electron chi connectivity index (χ0n) is 13.6. The second-order valence-corrected chi connectivity index (χ2v) is 9.09. The summed E-state index contributed by atoms with van der Waals surface area (Å²) in [7, 11) is -1.75. The minimum atomic E-state index is -3.55. The average Bonchev–Trinajstić information content (AvgIpc) is 3.10. The third kappa shape index (κ3) is 1.93. The van der Waals surface area contributed by atoms with Crippen LogP contribution in [0.5, 0.6) is 0 Å². The quantitative estimate of drug-likeness (QED) is 0.835. The number of hydrogen-bond acceptors (Lipinski definition) is 5. The fourth-order valence-electron chi connectivity index (χ4n) is 4.29. The predicted molar refractivity (Wildman–Crippen MR) is 86.8 cm³/mol. The lowest BCUT2D eigenvalue weighted by atomic mass is 9.80. The van der Waals surface area contributed by atoms with Crippen molar-refractivity contribution in [3.05, 3.63) is 18.5 Å². The van der Waals surface area contributed by atoms with E-state index < -0.39 is 10.0 Å². The molecular weight excluding hydrogens is 328 g/mol. The van der Waals surface area contributed by atoms with Crippen molar-refractivity contribution in [2.24, 2.45) is 13.0 Å². The zero-order chi connectivity index (χ0) is 16.5. The molecule has 0 aromatic carbocycles. The van der Waals surface area contributed by atoms with E-state index in [0.717, 1.165) is 37.7 Å². The van der Waals surface area contributed by atoms with Gasteiger partial charge < -0.3 is 4.74 Å². The van der Waals surface area contributed by atoms with Crippen molar-refractivity contribution in [2.45, 2.75) is 42.2 Å². The van der Waals surface area contributed by atoms with Gasteiger partial charge >= 0.3 is 0 Å². The maximum absolute atomic E-state index is 13.2. The van der Waals surface area contributed by atoms with E-state index in [9.17, 15) is 8.42 Å². The molecule has 7 nitrogen and oxygen atoms in total. The van der Waals surface area contributed by atoms with Gasteiger partial charge in [0.2, 0.25) is 10.0 Å². The van der Waals surface area contributed by atoms with Crippen LogP contribution in [0.2, 0.25) is 0 Å². The molecule has 0 N–H and O–H groups in total. The van der Waals surface area contributed by atoms with Gasteiger partial charge in [0.1, 0.15) is 4.90 Å². The first-order chi connectivity index (χ1) is 11.5. The van der Waals surface area contributed by atoms with Gasteiger partial charge in [0.15, 0.2) is 5.65 Å². The molecule has 2 atom stereocenters. The number of rotatable bonds is 3. The van der Waals surface area contributed by atoms with E-state index in [0.29, 0.717) is 18.1 Å². The molecule has 128 valence electrons. The van der Waals surface area contributed by atoms with E-state index in [1.54, 1.807) is 28.3 Å². The van der Waals surface area contributed by atoms with Gasteiger partial charge in [-0.15, -0.1) is 0 Å². The van der Waals surface area contributed by atoms with Crippen LogP contribution in [-0.4, -0.2) is 52.3 Å². The summed E-state index contributed by atoms with van der Waals surface area (Å²) in [5, 5.41) is 4.88. The van der Waals surface area contributed by atoms with Crippen LogP contribution in [-0.2, 0) is 21.8 Å². The molecule has 24 heavy (non-hydrogen) atoms. The van der Waals surface area contributed by atoms with Crippen molar-refractivity contribution in [2.75, 3.05) is 13.2 Å². The lowest BCUT2D eigenvalue weighted by Gasteiger charge is -2.54. The van der Waals surface area contributed by atoms with E-state index in [1.807, 2.05) is 0 Å². The smallest absolute Gasteiger partial charge is 0.245 e. The summed E-state index contributed by atoms with van der Waals surface area (Å²) in [5.74, 6) is 0.446. The normalized spacial score (nSPS) is 31.0. The van der Waals surface area contributed by atoms with Gasteiger partial charge in [0.05, 0.1) is 17.8 Å². The number of nitrogens with zero attached hydrogens (tertiary/aromatic N) is 4. The van der Waals surface area contributed by atoms with Crippen LogP contribution in [0.3, 0.4) is 0 Å². The topological polar surface area (TPSA) is 77.3 Å². The maximum atomic E-state index is 13.2. The van der Waals surface area contributed by atoms with Gasteiger partial charge in [-0.05, 0) is 37.7 Å². The molecule has 0 amide bonds. The molecule has 2 saturated heterocycles. The summed E-state index contributed by atoms with van der Waals surface area (Å²) in [6.45, 7) is 1.22. The number of ether oxygens (including phenoxy) is 1. The first-order valence-electron chi connectivity index (χ1n) is 8.45. The van der Waals surface area contributed by atoms with Gasteiger partial charge in [-0.25, -0.2) is 13.4 Å². The van der Waals surface area contributed by atoms with Crippen molar-refractivity contribution in [3.8, 4) is 0 Å². The number of aryl methyl sites for hydroxylation is 1. The fraction of sp³-hybridized carbons (Fsp3) is 0.625. The summed E-state index contributed by atoms with van der Waals surface area (Å²) in [6, 6.07) is 1.67. The average molecular weight is 348 g/mol. The van der Waals surface area contributed by atoms with Crippen molar-refractivity contribution >= 4 is 21.1 Å².